The second-order valence-electron chi connectivity index (χ2n) is 4.43. The van der Waals surface area contributed by atoms with Crippen LogP contribution in [0, 0.1) is 30.2 Å². The van der Waals surface area contributed by atoms with Crippen LogP contribution in [0.25, 0.3) is 0 Å². The zero-order valence-electron chi connectivity index (χ0n) is 11.4. The molecule has 0 aromatic heterocycles. The predicted octanol–water partition coefficient (Wildman–Crippen LogP) is 5.04. The number of rotatable bonds is 4. The van der Waals surface area contributed by atoms with E-state index < -0.39 is 39.5 Å². The van der Waals surface area contributed by atoms with Gasteiger partial charge in [0.2, 0.25) is 0 Å². The van der Waals surface area contributed by atoms with Crippen molar-refractivity contribution in [2.45, 2.75) is 11.8 Å². The van der Waals surface area contributed by atoms with E-state index in [9.17, 15) is 22.4 Å². The molecule has 0 atom stereocenters. The fourth-order valence-corrected chi connectivity index (χ4v) is 2.64. The summed E-state index contributed by atoms with van der Waals surface area (Å²) in [7, 11) is 0. The molecule has 0 unspecified atom stereocenters. The van der Waals surface area contributed by atoms with E-state index in [0.717, 1.165) is 6.92 Å². The van der Waals surface area contributed by atoms with Crippen molar-refractivity contribution in [2.24, 2.45) is 0 Å². The van der Waals surface area contributed by atoms with Crippen LogP contribution in [0.3, 0.4) is 0 Å². The third kappa shape index (κ3) is 2.92. The van der Waals surface area contributed by atoms with Gasteiger partial charge in [-0.15, -0.1) is 0 Å². The van der Waals surface area contributed by atoms with Gasteiger partial charge in [0.1, 0.15) is 0 Å². The molecule has 0 N–H and O–H groups in total. The summed E-state index contributed by atoms with van der Waals surface area (Å²) in [6, 6.07) is 8.04. The van der Waals surface area contributed by atoms with E-state index in [1.807, 2.05) is 0 Å². The van der Waals surface area contributed by atoms with Gasteiger partial charge < -0.3 is 0 Å². The number of carbonyl (C=O) groups excluding carboxylic acids is 1. The summed E-state index contributed by atoms with van der Waals surface area (Å²) in [5.41, 5.74) is -0.107. The van der Waals surface area contributed by atoms with Crippen LogP contribution in [0.5, 0.6) is 0 Å². The molecule has 0 heterocycles. The van der Waals surface area contributed by atoms with E-state index in [-0.39, 0.29) is 4.91 Å². The van der Waals surface area contributed by atoms with Crippen molar-refractivity contribution in [1.29, 1.82) is 0 Å². The quantitative estimate of drug-likeness (QED) is 0.195. The van der Waals surface area contributed by atoms with Gasteiger partial charge >= 0.3 is 0 Å². The Labute approximate surface area is 128 Å². The smallest absolute Gasteiger partial charge is 0.199 e. The second kappa shape index (κ2) is 6.36. The Morgan fingerprint density at radius 1 is 0.955 bits per heavy atom. The molecular formula is C16H10F4OS. The van der Waals surface area contributed by atoms with E-state index in [0.29, 0.717) is 17.3 Å². The van der Waals surface area contributed by atoms with Crippen LogP contribution in [-0.2, 0) is 0 Å². The third-order valence-electron chi connectivity index (χ3n) is 2.96. The van der Waals surface area contributed by atoms with Crippen LogP contribution in [0.15, 0.2) is 46.7 Å². The highest BCUT2D eigenvalue weighted by Gasteiger charge is 2.25. The summed E-state index contributed by atoms with van der Waals surface area (Å²) in [6.07, 6.45) is 0. The van der Waals surface area contributed by atoms with E-state index >= 15 is 0 Å². The highest BCUT2D eigenvalue weighted by Crippen LogP contribution is 2.36. The molecule has 0 spiro atoms. The lowest BCUT2D eigenvalue weighted by Crippen LogP contribution is -2.04. The maximum Gasteiger partial charge on any atom is 0.199 e. The van der Waals surface area contributed by atoms with Gasteiger partial charge in [0.05, 0.1) is 9.80 Å². The van der Waals surface area contributed by atoms with Crippen LogP contribution in [0.2, 0.25) is 0 Å². The first-order chi connectivity index (χ1) is 10.3. The zero-order valence-corrected chi connectivity index (χ0v) is 12.2. The molecule has 2 aromatic carbocycles. The van der Waals surface area contributed by atoms with Crippen molar-refractivity contribution in [2.75, 3.05) is 0 Å². The summed E-state index contributed by atoms with van der Waals surface area (Å²) >= 11 is 0.471. The van der Waals surface area contributed by atoms with Gasteiger partial charge in [-0.2, -0.15) is 0 Å². The number of hydrogen-bond acceptors (Lipinski definition) is 2. The molecule has 0 saturated heterocycles. The first-order valence-electron chi connectivity index (χ1n) is 6.13. The largest absolute Gasteiger partial charge is 0.288 e. The Balaban J connectivity index is 2.36. The third-order valence-corrected chi connectivity index (χ3v) is 4.08. The topological polar surface area (TPSA) is 17.1 Å². The molecule has 0 bridgehead atoms. The lowest BCUT2D eigenvalue weighted by atomic mass is 10.1. The number of benzene rings is 2. The molecule has 0 radical (unpaired) electrons. The molecule has 2 rings (SSSR count). The van der Waals surface area contributed by atoms with E-state index in [1.54, 1.807) is 18.2 Å². The average Bonchev–Trinajstić information content (AvgIpc) is 2.55. The molecule has 6 heteroatoms. The van der Waals surface area contributed by atoms with Gasteiger partial charge in [-0.25, -0.2) is 17.6 Å². The molecule has 0 aliphatic carbocycles. The van der Waals surface area contributed by atoms with E-state index in [4.69, 9.17) is 0 Å². The molecule has 1 nitrogen and oxygen atoms in total. The molecule has 2 aromatic rings. The predicted molar refractivity (Wildman–Crippen MR) is 76.8 cm³/mol. The van der Waals surface area contributed by atoms with Crippen molar-refractivity contribution < 1.29 is 22.4 Å². The molecule has 0 saturated carbocycles. The number of hydrogen-bond donors (Lipinski definition) is 0. The van der Waals surface area contributed by atoms with Gasteiger partial charge in [0.15, 0.2) is 29.1 Å². The number of ketones is 1. The molecule has 114 valence electrons. The molecule has 0 aliphatic heterocycles. The van der Waals surface area contributed by atoms with Crippen molar-refractivity contribution in [3.63, 3.8) is 0 Å². The summed E-state index contributed by atoms with van der Waals surface area (Å²) in [5, 5.41) is 0. The minimum absolute atomic E-state index is 0.126. The average molecular weight is 326 g/mol. The highest BCUT2D eigenvalue weighted by atomic mass is 32.2. The van der Waals surface area contributed by atoms with Crippen LogP contribution in [-0.4, -0.2) is 5.78 Å². The number of halogens is 4. The van der Waals surface area contributed by atoms with Crippen LogP contribution >= 0.6 is 11.8 Å². The molecule has 0 amide bonds. The lowest BCUT2D eigenvalue weighted by Gasteiger charge is -2.11. The van der Waals surface area contributed by atoms with Crippen molar-refractivity contribution in [3.05, 3.63) is 76.2 Å². The summed E-state index contributed by atoms with van der Waals surface area (Å²) in [4.78, 5) is 11.5. The van der Waals surface area contributed by atoms with E-state index in [1.165, 1.54) is 12.1 Å². The van der Waals surface area contributed by atoms with Crippen LogP contribution in [0.4, 0.5) is 17.6 Å². The zero-order chi connectivity index (χ0) is 16.4. The highest BCUT2D eigenvalue weighted by molar-refractivity contribution is 8.04. The van der Waals surface area contributed by atoms with Gasteiger partial charge in [0, 0.05) is 11.1 Å². The van der Waals surface area contributed by atoms with E-state index in [2.05, 4.69) is 6.58 Å². The fourth-order valence-electron chi connectivity index (χ4n) is 1.76. The van der Waals surface area contributed by atoms with Gasteiger partial charge in [-0.05, 0) is 6.92 Å². The Hall–Kier alpha value is -2.08. The van der Waals surface area contributed by atoms with Crippen molar-refractivity contribution in [3.8, 4) is 0 Å². The molecule has 22 heavy (non-hydrogen) atoms. The minimum atomic E-state index is -1.91. The molecular weight excluding hydrogens is 316 g/mol. The van der Waals surface area contributed by atoms with Crippen molar-refractivity contribution in [1.82, 2.24) is 0 Å². The summed E-state index contributed by atoms with van der Waals surface area (Å²) in [5.74, 6) is -7.32. The fraction of sp³-hybridized carbons (Fsp3) is 0.0625. The van der Waals surface area contributed by atoms with Crippen LogP contribution in [0.1, 0.15) is 15.9 Å². The second-order valence-corrected chi connectivity index (χ2v) is 5.54. The summed E-state index contributed by atoms with van der Waals surface area (Å²) in [6.45, 7) is 4.60. The minimum Gasteiger partial charge on any atom is -0.288 e. The number of thioether (sulfide) groups is 1. The maximum absolute atomic E-state index is 13.8. The lowest BCUT2D eigenvalue weighted by molar-refractivity contribution is 0.104. The first kappa shape index (κ1) is 16.3. The number of carbonyl (C=O) groups is 1. The normalized spacial score (nSPS) is 10.6. The van der Waals surface area contributed by atoms with Crippen molar-refractivity contribution >= 4 is 17.5 Å². The van der Waals surface area contributed by atoms with Gasteiger partial charge in [-0.3, -0.25) is 4.79 Å². The molecule has 0 aliphatic rings. The Morgan fingerprint density at radius 2 is 1.50 bits per heavy atom. The monoisotopic (exact) mass is 326 g/mol. The van der Waals surface area contributed by atoms with Crippen LogP contribution < -0.4 is 0 Å². The Kier molecular flexibility index (Phi) is 4.71. The SMILES string of the molecule is C=C(Sc1c(C)c(F)c(F)c(F)c1F)C(=O)c1ccccc1. The summed E-state index contributed by atoms with van der Waals surface area (Å²) < 4.78 is 53.7. The number of Topliss-reactive ketones (excluding diaryl/α,β-unsaturated/α-hetero) is 1. The Bertz CT molecular complexity index is 727. The Morgan fingerprint density at radius 3 is 2.09 bits per heavy atom. The maximum atomic E-state index is 13.8. The molecule has 0 fully saturated rings. The first-order valence-corrected chi connectivity index (χ1v) is 6.95. The van der Waals surface area contributed by atoms with Gasteiger partial charge in [-0.1, -0.05) is 48.7 Å². The number of allylic oxidation sites excluding steroid dienone is 1. The standard InChI is InChI=1S/C16H10F4OS/c1-8-11(17)12(18)13(19)14(20)16(8)22-9(2)15(21)10-6-4-3-5-7-10/h3-7H,2H2,1H3. The van der Waals surface area contributed by atoms with Gasteiger partial charge in [0.25, 0.3) is 0 Å².